The maximum atomic E-state index is 7.62. The van der Waals surface area contributed by atoms with Crippen molar-refractivity contribution in [3.8, 4) is 33.8 Å². The van der Waals surface area contributed by atoms with Crippen LogP contribution in [-0.2, 0) is 10.8 Å². The third-order valence-corrected chi connectivity index (χ3v) is 16.6. The van der Waals surface area contributed by atoms with E-state index in [2.05, 4.69) is 268 Å². The molecule has 15 rings (SSSR count). The zero-order valence-corrected chi connectivity index (χ0v) is 41.7. The molecule has 0 unspecified atom stereocenters. The smallest absolute Gasteiger partial charge is 0.256 e. The summed E-state index contributed by atoms with van der Waals surface area (Å²) in [4.78, 5) is 7.51. The Morgan fingerprint density at radius 1 is 0.384 bits per heavy atom. The summed E-state index contributed by atoms with van der Waals surface area (Å²) in [7, 11) is 0. The molecule has 0 atom stereocenters. The Morgan fingerprint density at radius 3 is 1.48 bits per heavy atom. The minimum absolute atomic E-state index is 0.0500. The minimum atomic E-state index is -0.198. The number of nitrogens with zero attached hydrogens (tertiary/aromatic N) is 3. The summed E-state index contributed by atoms with van der Waals surface area (Å²) < 4.78 is 7.62. The van der Waals surface area contributed by atoms with E-state index in [0.717, 1.165) is 45.5 Å². The zero-order valence-electron chi connectivity index (χ0n) is 41.7. The first-order valence-electron chi connectivity index (χ1n) is 25.8. The number of hydrogen-bond donors (Lipinski definition) is 0. The lowest BCUT2D eigenvalue weighted by Gasteiger charge is -2.46. The van der Waals surface area contributed by atoms with Gasteiger partial charge in [0.05, 0.1) is 0 Å². The Morgan fingerprint density at radius 2 is 0.877 bits per heavy atom. The molecular weight excluding hydrogens is 884 g/mol. The molecule has 0 amide bonds. The molecule has 0 aromatic heterocycles. The van der Waals surface area contributed by atoms with Crippen molar-refractivity contribution in [1.29, 1.82) is 0 Å². The van der Waals surface area contributed by atoms with Crippen LogP contribution in [0.25, 0.3) is 22.3 Å². The number of rotatable bonds is 4. The van der Waals surface area contributed by atoms with Gasteiger partial charge < -0.3 is 19.4 Å². The molecule has 1 aliphatic carbocycles. The van der Waals surface area contributed by atoms with Gasteiger partial charge in [-0.05, 0) is 150 Å². The van der Waals surface area contributed by atoms with Crippen LogP contribution in [0.3, 0.4) is 0 Å². The SMILES string of the molecule is CC(C)(C)c1cc2c3c(c1)N(c1ccccc1)c1cc4c(cc1B3c1ccccc1N2c1ccccc1)B1c2ccccc2N(c2ccccc2)c2cc(-c3cccc5c3C(C)(C)c3ccccc3-5)cc(c21)O4. The molecule has 10 aromatic rings. The summed E-state index contributed by atoms with van der Waals surface area (Å²) in [6, 6.07) is 81.4. The van der Waals surface area contributed by atoms with Gasteiger partial charge in [0.25, 0.3) is 13.4 Å². The number of benzene rings is 10. The Labute approximate surface area is 429 Å². The van der Waals surface area contributed by atoms with Crippen LogP contribution in [0.15, 0.2) is 218 Å². The van der Waals surface area contributed by atoms with Gasteiger partial charge in [0.2, 0.25) is 0 Å². The number of anilines is 9. The molecular formula is C67H51B2N3O. The Kier molecular flexibility index (Phi) is 8.84. The van der Waals surface area contributed by atoms with Crippen LogP contribution in [-0.4, -0.2) is 13.4 Å². The van der Waals surface area contributed by atoms with Gasteiger partial charge in [-0.2, -0.15) is 0 Å². The predicted octanol–water partition coefficient (Wildman–Crippen LogP) is 13.4. The zero-order chi connectivity index (χ0) is 48.9. The first-order chi connectivity index (χ1) is 35.6. The highest BCUT2D eigenvalue weighted by Crippen LogP contribution is 2.54. The summed E-state index contributed by atoms with van der Waals surface area (Å²) in [5.41, 5.74) is 26.7. The molecule has 73 heavy (non-hydrogen) atoms. The van der Waals surface area contributed by atoms with E-state index < -0.39 is 0 Å². The van der Waals surface area contributed by atoms with E-state index in [1.807, 2.05) is 0 Å². The summed E-state index contributed by atoms with van der Waals surface area (Å²) in [5.74, 6) is 1.78. The fraction of sp³-hybridized carbons (Fsp3) is 0.104. The van der Waals surface area contributed by atoms with Gasteiger partial charge in [-0.3, -0.25) is 0 Å². The molecule has 0 spiro atoms. The maximum absolute atomic E-state index is 7.62. The second-order valence-electron chi connectivity index (χ2n) is 22.0. The average Bonchev–Trinajstić information content (AvgIpc) is 3.66. The molecule has 0 bridgehead atoms. The van der Waals surface area contributed by atoms with Gasteiger partial charge >= 0.3 is 0 Å². The molecule has 5 aliphatic rings. The summed E-state index contributed by atoms with van der Waals surface area (Å²) in [5, 5.41) is 0. The first kappa shape index (κ1) is 42.2. The van der Waals surface area contributed by atoms with Crippen molar-refractivity contribution in [1.82, 2.24) is 0 Å². The minimum Gasteiger partial charge on any atom is -0.458 e. The lowest BCUT2D eigenvalue weighted by Crippen LogP contribution is -2.64. The Bertz CT molecular complexity index is 3940. The molecule has 0 saturated carbocycles. The number of ether oxygens (including phenoxy) is 1. The second kappa shape index (κ2) is 15.3. The fourth-order valence-electron chi connectivity index (χ4n) is 13.4. The molecule has 0 fully saturated rings. The fourth-order valence-corrected chi connectivity index (χ4v) is 13.4. The number of hydrogen-bond acceptors (Lipinski definition) is 4. The van der Waals surface area contributed by atoms with Gasteiger partial charge in [-0.25, -0.2) is 0 Å². The highest BCUT2D eigenvalue weighted by molar-refractivity contribution is 7.02. The Balaban J connectivity index is 1.01. The van der Waals surface area contributed by atoms with E-state index in [0.29, 0.717) is 0 Å². The van der Waals surface area contributed by atoms with E-state index in [1.165, 1.54) is 88.9 Å². The monoisotopic (exact) mass is 935 g/mol. The van der Waals surface area contributed by atoms with Gasteiger partial charge in [0, 0.05) is 62.7 Å². The molecule has 346 valence electrons. The van der Waals surface area contributed by atoms with Crippen LogP contribution in [0.2, 0.25) is 0 Å². The third-order valence-electron chi connectivity index (χ3n) is 16.6. The molecule has 0 radical (unpaired) electrons. The normalized spacial score (nSPS) is 14.7. The highest BCUT2D eigenvalue weighted by atomic mass is 16.5. The predicted molar refractivity (Wildman–Crippen MR) is 308 cm³/mol. The van der Waals surface area contributed by atoms with Crippen molar-refractivity contribution in [3.05, 3.63) is 235 Å². The number of fused-ring (bicyclic) bond motifs is 11. The van der Waals surface area contributed by atoms with Crippen molar-refractivity contribution in [2.24, 2.45) is 0 Å². The van der Waals surface area contributed by atoms with Crippen molar-refractivity contribution >= 4 is 97.4 Å². The van der Waals surface area contributed by atoms with Crippen LogP contribution in [0, 0.1) is 0 Å². The van der Waals surface area contributed by atoms with Gasteiger partial charge in [0.1, 0.15) is 11.5 Å². The third kappa shape index (κ3) is 5.98. The van der Waals surface area contributed by atoms with Crippen molar-refractivity contribution in [3.63, 3.8) is 0 Å². The maximum Gasteiger partial charge on any atom is 0.256 e. The van der Waals surface area contributed by atoms with Crippen molar-refractivity contribution < 1.29 is 4.74 Å². The largest absolute Gasteiger partial charge is 0.458 e. The number of para-hydroxylation sites is 5. The van der Waals surface area contributed by atoms with Crippen molar-refractivity contribution in [2.75, 3.05) is 14.7 Å². The first-order valence-corrected chi connectivity index (χ1v) is 25.8. The van der Waals surface area contributed by atoms with Crippen LogP contribution < -0.4 is 52.2 Å². The van der Waals surface area contributed by atoms with Gasteiger partial charge in [0.15, 0.2) is 0 Å². The molecule has 0 saturated heterocycles. The van der Waals surface area contributed by atoms with E-state index in [4.69, 9.17) is 4.74 Å². The van der Waals surface area contributed by atoms with Gasteiger partial charge in [-0.15, -0.1) is 0 Å². The molecule has 4 heterocycles. The second-order valence-corrected chi connectivity index (χ2v) is 22.0. The van der Waals surface area contributed by atoms with Crippen LogP contribution in [0.5, 0.6) is 11.5 Å². The molecule has 0 N–H and O–H groups in total. The lowest BCUT2D eigenvalue weighted by molar-refractivity contribution is 0.488. The molecule has 6 heteroatoms. The summed E-state index contributed by atoms with van der Waals surface area (Å²) in [6.45, 7) is 11.6. The molecule has 4 nitrogen and oxygen atoms in total. The molecule has 10 aromatic carbocycles. The average molecular weight is 936 g/mol. The van der Waals surface area contributed by atoms with Crippen LogP contribution in [0.4, 0.5) is 51.2 Å². The summed E-state index contributed by atoms with van der Waals surface area (Å²) in [6.07, 6.45) is 0. The van der Waals surface area contributed by atoms with Crippen molar-refractivity contribution in [2.45, 2.75) is 45.4 Å². The van der Waals surface area contributed by atoms with E-state index in [1.54, 1.807) is 0 Å². The van der Waals surface area contributed by atoms with Crippen LogP contribution >= 0.6 is 0 Å². The summed E-state index contributed by atoms with van der Waals surface area (Å²) >= 11 is 0. The Hall–Kier alpha value is -8.47. The quantitative estimate of drug-likeness (QED) is 0.164. The lowest BCUT2D eigenvalue weighted by atomic mass is 9.30. The van der Waals surface area contributed by atoms with E-state index in [9.17, 15) is 0 Å². The molecule has 4 aliphatic heterocycles. The topological polar surface area (TPSA) is 19.0 Å². The highest BCUT2D eigenvalue weighted by Gasteiger charge is 2.48. The standard InChI is InChI=1S/C67H51B2N3O/c1-66(2,3)43-38-59-64-60(39-43)72(46-26-13-8-14-27-46)57-41-61-54(40-53(57)68(64)51-32-17-19-34-55(51)71(59)45-24-11-7-12-25-45)69-52-33-18-20-35-56(52)70(44-22-9-6-10-23-44)58-36-42(37-62(73-61)65(58)69)47-29-21-30-49-48-28-15-16-31-50(48)67(4,5)63(47)49/h6-41H,1-5H3. The van der Waals surface area contributed by atoms with Crippen LogP contribution in [0.1, 0.15) is 51.3 Å². The van der Waals surface area contributed by atoms with E-state index >= 15 is 0 Å². The van der Waals surface area contributed by atoms with Gasteiger partial charge in [-0.1, -0.05) is 174 Å². The van der Waals surface area contributed by atoms with E-state index in [-0.39, 0.29) is 24.3 Å².